The minimum Gasteiger partial charge on any atom is -0.396 e. The number of rotatable bonds is 5. The van der Waals surface area contributed by atoms with Gasteiger partial charge in [0.1, 0.15) is 6.54 Å². The van der Waals surface area contributed by atoms with E-state index in [-0.39, 0.29) is 24.4 Å². The van der Waals surface area contributed by atoms with Crippen LogP contribution in [-0.2, 0) is 11.3 Å². The molecule has 0 saturated heterocycles. The van der Waals surface area contributed by atoms with Gasteiger partial charge in [0, 0.05) is 12.7 Å². The lowest BCUT2D eigenvalue weighted by atomic mass is 9.89. The van der Waals surface area contributed by atoms with E-state index < -0.39 is 6.10 Å². The smallest absolute Gasteiger partial charge is 0.241 e. The van der Waals surface area contributed by atoms with Gasteiger partial charge in [-0.05, 0) is 11.8 Å². The van der Waals surface area contributed by atoms with Crippen LogP contribution in [-0.4, -0.2) is 33.4 Å². The molecule has 0 fully saturated rings. The molecule has 6 nitrogen and oxygen atoms in total. The Morgan fingerprint density at radius 3 is 2.78 bits per heavy atom. The summed E-state index contributed by atoms with van der Waals surface area (Å²) in [6.45, 7) is 6.51. The Morgan fingerprint density at radius 2 is 2.28 bits per heavy atom. The molecular formula is C12H22N4O2. The number of nitrogen functional groups attached to an aromatic ring is 1. The zero-order valence-electron chi connectivity index (χ0n) is 11.2. The van der Waals surface area contributed by atoms with Gasteiger partial charge in [0.25, 0.3) is 0 Å². The molecule has 18 heavy (non-hydrogen) atoms. The summed E-state index contributed by atoms with van der Waals surface area (Å²) in [5.41, 5.74) is 6.06. The van der Waals surface area contributed by atoms with Gasteiger partial charge < -0.3 is 16.2 Å². The largest absolute Gasteiger partial charge is 0.396 e. The molecule has 1 unspecified atom stereocenters. The van der Waals surface area contributed by atoms with E-state index in [2.05, 4.69) is 10.4 Å². The zero-order chi connectivity index (χ0) is 13.8. The Balaban J connectivity index is 2.29. The van der Waals surface area contributed by atoms with Crippen molar-refractivity contribution < 1.29 is 9.90 Å². The third-order valence-corrected chi connectivity index (χ3v) is 2.34. The number of aliphatic hydroxyl groups is 1. The SMILES string of the molecule is CC(C)(C)CC(O)CNC(=O)Cn1cc(N)cn1. The lowest BCUT2D eigenvalue weighted by Gasteiger charge is -2.22. The van der Waals surface area contributed by atoms with E-state index >= 15 is 0 Å². The van der Waals surface area contributed by atoms with Crippen LogP contribution in [0, 0.1) is 5.41 Å². The molecule has 1 amide bonds. The van der Waals surface area contributed by atoms with E-state index in [1.165, 1.54) is 10.9 Å². The van der Waals surface area contributed by atoms with Crippen molar-refractivity contribution in [3.63, 3.8) is 0 Å². The highest BCUT2D eigenvalue weighted by molar-refractivity contribution is 5.75. The summed E-state index contributed by atoms with van der Waals surface area (Å²) >= 11 is 0. The van der Waals surface area contributed by atoms with Crippen molar-refractivity contribution in [1.82, 2.24) is 15.1 Å². The van der Waals surface area contributed by atoms with E-state index in [0.717, 1.165) is 0 Å². The van der Waals surface area contributed by atoms with Crippen molar-refractivity contribution in [2.45, 2.75) is 39.8 Å². The van der Waals surface area contributed by atoms with Gasteiger partial charge in [-0.15, -0.1) is 0 Å². The highest BCUT2D eigenvalue weighted by Gasteiger charge is 2.17. The Hall–Kier alpha value is -1.56. The van der Waals surface area contributed by atoms with Gasteiger partial charge in [0.15, 0.2) is 0 Å². The van der Waals surface area contributed by atoms with Gasteiger partial charge in [0.05, 0.1) is 18.0 Å². The van der Waals surface area contributed by atoms with Crippen LogP contribution in [0.2, 0.25) is 0 Å². The summed E-state index contributed by atoms with van der Waals surface area (Å²) in [4.78, 5) is 11.6. The first-order valence-corrected chi connectivity index (χ1v) is 5.99. The fourth-order valence-corrected chi connectivity index (χ4v) is 1.68. The molecule has 0 saturated carbocycles. The number of hydrogen-bond donors (Lipinski definition) is 3. The maximum Gasteiger partial charge on any atom is 0.241 e. The fourth-order valence-electron chi connectivity index (χ4n) is 1.68. The molecule has 0 aromatic carbocycles. The van der Waals surface area contributed by atoms with E-state index in [9.17, 15) is 9.90 Å². The zero-order valence-corrected chi connectivity index (χ0v) is 11.2. The number of amides is 1. The Morgan fingerprint density at radius 1 is 1.61 bits per heavy atom. The van der Waals surface area contributed by atoms with Crippen molar-refractivity contribution in [3.8, 4) is 0 Å². The molecular weight excluding hydrogens is 232 g/mol. The van der Waals surface area contributed by atoms with Crippen molar-refractivity contribution in [2.24, 2.45) is 5.41 Å². The molecule has 0 bridgehead atoms. The minimum atomic E-state index is -0.531. The first-order valence-electron chi connectivity index (χ1n) is 5.99. The number of aliphatic hydroxyl groups excluding tert-OH is 1. The molecule has 6 heteroatoms. The summed E-state index contributed by atoms with van der Waals surface area (Å²) < 4.78 is 1.46. The van der Waals surface area contributed by atoms with Gasteiger partial charge in [0.2, 0.25) is 5.91 Å². The van der Waals surface area contributed by atoms with Crippen LogP contribution >= 0.6 is 0 Å². The van der Waals surface area contributed by atoms with Crippen LogP contribution < -0.4 is 11.1 Å². The van der Waals surface area contributed by atoms with Crippen molar-refractivity contribution >= 4 is 11.6 Å². The molecule has 0 aliphatic carbocycles. The van der Waals surface area contributed by atoms with Crippen LogP contribution in [0.1, 0.15) is 27.2 Å². The maximum atomic E-state index is 11.6. The highest BCUT2D eigenvalue weighted by Crippen LogP contribution is 2.20. The third kappa shape index (κ3) is 5.67. The Kier molecular flexibility index (Phi) is 4.72. The minimum absolute atomic E-state index is 0.0422. The standard InChI is InChI=1S/C12H22N4O2/c1-12(2,3)4-10(17)6-14-11(18)8-16-7-9(13)5-15-16/h5,7,10,17H,4,6,8,13H2,1-3H3,(H,14,18). The van der Waals surface area contributed by atoms with E-state index in [1.807, 2.05) is 20.8 Å². The first-order chi connectivity index (χ1) is 8.26. The third-order valence-electron chi connectivity index (χ3n) is 2.34. The van der Waals surface area contributed by atoms with E-state index in [0.29, 0.717) is 12.1 Å². The summed E-state index contributed by atoms with van der Waals surface area (Å²) in [5, 5.41) is 16.3. The van der Waals surface area contributed by atoms with Crippen LogP contribution in [0.3, 0.4) is 0 Å². The molecule has 0 spiro atoms. The predicted molar refractivity (Wildman–Crippen MR) is 69.7 cm³/mol. The average molecular weight is 254 g/mol. The topological polar surface area (TPSA) is 93.2 Å². The van der Waals surface area contributed by atoms with Crippen LogP contribution in [0.25, 0.3) is 0 Å². The lowest BCUT2D eigenvalue weighted by Crippen LogP contribution is -2.36. The number of nitrogens with one attached hydrogen (secondary N) is 1. The van der Waals surface area contributed by atoms with Crippen molar-refractivity contribution in [3.05, 3.63) is 12.4 Å². The van der Waals surface area contributed by atoms with Crippen LogP contribution in [0.5, 0.6) is 0 Å². The summed E-state index contributed by atoms with van der Waals surface area (Å²) in [5.74, 6) is -0.189. The average Bonchev–Trinajstić information content (AvgIpc) is 2.58. The number of nitrogens with zero attached hydrogens (tertiary/aromatic N) is 2. The second kappa shape index (κ2) is 5.86. The lowest BCUT2D eigenvalue weighted by molar-refractivity contribution is -0.122. The molecule has 1 heterocycles. The van der Waals surface area contributed by atoms with Gasteiger partial charge >= 0.3 is 0 Å². The second-order valence-electron chi connectivity index (χ2n) is 5.69. The number of carbonyl (C=O) groups is 1. The Labute approximate surface area is 107 Å². The second-order valence-corrected chi connectivity index (χ2v) is 5.69. The number of hydrogen-bond acceptors (Lipinski definition) is 4. The Bertz CT molecular complexity index is 395. The molecule has 102 valence electrons. The van der Waals surface area contributed by atoms with Crippen LogP contribution in [0.15, 0.2) is 12.4 Å². The molecule has 1 aromatic rings. The molecule has 0 aliphatic heterocycles. The molecule has 1 atom stereocenters. The monoisotopic (exact) mass is 254 g/mol. The van der Waals surface area contributed by atoms with Gasteiger partial charge in [-0.3, -0.25) is 9.48 Å². The quantitative estimate of drug-likeness (QED) is 0.708. The molecule has 1 aromatic heterocycles. The first kappa shape index (κ1) is 14.5. The number of aromatic nitrogens is 2. The van der Waals surface area contributed by atoms with Crippen molar-refractivity contribution in [1.29, 1.82) is 0 Å². The molecule has 0 aliphatic rings. The predicted octanol–water partition coefficient (Wildman–Crippen LogP) is 0.379. The fraction of sp³-hybridized carbons (Fsp3) is 0.667. The highest BCUT2D eigenvalue weighted by atomic mass is 16.3. The van der Waals surface area contributed by atoms with Gasteiger partial charge in [-0.2, -0.15) is 5.10 Å². The summed E-state index contributed by atoms with van der Waals surface area (Å²) in [6, 6.07) is 0. The van der Waals surface area contributed by atoms with Crippen LogP contribution in [0.4, 0.5) is 5.69 Å². The van der Waals surface area contributed by atoms with Gasteiger partial charge in [-0.1, -0.05) is 20.8 Å². The van der Waals surface area contributed by atoms with Gasteiger partial charge in [-0.25, -0.2) is 0 Å². The maximum absolute atomic E-state index is 11.6. The summed E-state index contributed by atoms with van der Waals surface area (Å²) in [6.07, 6.45) is 3.19. The van der Waals surface area contributed by atoms with E-state index in [4.69, 9.17) is 5.73 Å². The molecule has 4 N–H and O–H groups in total. The summed E-state index contributed by atoms with van der Waals surface area (Å²) in [7, 11) is 0. The van der Waals surface area contributed by atoms with Crippen molar-refractivity contribution in [2.75, 3.05) is 12.3 Å². The number of anilines is 1. The molecule has 1 rings (SSSR count). The molecule has 0 radical (unpaired) electrons. The normalized spacial score (nSPS) is 13.3. The number of carbonyl (C=O) groups excluding carboxylic acids is 1. The number of nitrogens with two attached hydrogens (primary N) is 1. The van der Waals surface area contributed by atoms with E-state index in [1.54, 1.807) is 6.20 Å².